The minimum absolute atomic E-state index is 0.833. The number of carboxylic acid groups (broad SMARTS) is 1. The summed E-state index contributed by atoms with van der Waals surface area (Å²) in [6, 6.07) is 33.1. The molecule has 0 saturated carbocycles. The van der Waals surface area contributed by atoms with E-state index in [4.69, 9.17) is 9.90 Å². The molecule has 3 aromatic rings. The molecule has 0 atom stereocenters. The minimum atomic E-state index is -1.56. The van der Waals surface area contributed by atoms with E-state index in [2.05, 4.69) is 91.0 Å². The van der Waals surface area contributed by atoms with Gasteiger partial charge < -0.3 is 5.11 Å². The van der Waals surface area contributed by atoms with Crippen LogP contribution in [0.25, 0.3) is 0 Å². The fraction of sp³-hybridized carbons (Fsp3) is 0.174. The van der Waals surface area contributed by atoms with Gasteiger partial charge in [0.2, 0.25) is 0 Å². The van der Waals surface area contributed by atoms with Gasteiger partial charge in [0.1, 0.15) is 0 Å². The van der Waals surface area contributed by atoms with Gasteiger partial charge in [0.15, 0.2) is 0 Å². The van der Waals surface area contributed by atoms with Gasteiger partial charge in [-0.15, -0.1) is 0 Å². The Morgan fingerprint density at radius 3 is 1.12 bits per heavy atom. The molecule has 0 amide bonds. The van der Waals surface area contributed by atoms with Crippen molar-refractivity contribution >= 4 is 25.7 Å². The maximum atomic E-state index is 9.00. The van der Waals surface area contributed by atoms with Gasteiger partial charge >= 0.3 is 141 Å². The Morgan fingerprint density at radius 1 is 0.654 bits per heavy atom. The average Bonchev–Trinajstić information content (AvgIpc) is 2.64. The summed E-state index contributed by atoms with van der Waals surface area (Å²) in [5.41, 5.74) is 4.55. The Labute approximate surface area is 163 Å². The van der Waals surface area contributed by atoms with Crippen molar-refractivity contribution in [3.63, 3.8) is 0 Å². The van der Waals surface area contributed by atoms with Crippen LogP contribution in [0.2, 0.25) is 0 Å². The van der Waals surface area contributed by atoms with E-state index in [1.807, 2.05) is 0 Å². The molecule has 0 saturated heterocycles. The topological polar surface area (TPSA) is 37.3 Å². The van der Waals surface area contributed by atoms with Crippen LogP contribution >= 0.6 is 0 Å². The molecule has 133 valence electrons. The summed E-state index contributed by atoms with van der Waals surface area (Å²) >= 11 is -1.56. The molecule has 0 bridgehead atoms. The van der Waals surface area contributed by atoms with Crippen molar-refractivity contribution < 1.29 is 9.90 Å². The zero-order valence-corrected chi connectivity index (χ0v) is 18.0. The van der Waals surface area contributed by atoms with Crippen molar-refractivity contribution in [2.75, 3.05) is 0 Å². The Kier molecular flexibility index (Phi) is 8.97. The number of aliphatic carboxylic acids is 1. The Bertz CT molecular complexity index is 655. The zero-order chi connectivity index (χ0) is 18.6. The fourth-order valence-corrected chi connectivity index (χ4v) is 10.9. The molecular formula is C23H25O2Sn. The van der Waals surface area contributed by atoms with E-state index in [1.54, 1.807) is 0 Å². The number of hydrogen-bond donors (Lipinski definition) is 1. The average molecular weight is 452 g/mol. The summed E-state index contributed by atoms with van der Waals surface area (Å²) in [5, 5.41) is 7.42. The second-order valence-electron chi connectivity index (χ2n) is 6.26. The number of hydrogen-bond acceptors (Lipinski definition) is 1. The van der Waals surface area contributed by atoms with Gasteiger partial charge in [-0.2, -0.15) is 0 Å². The van der Waals surface area contributed by atoms with E-state index in [1.165, 1.54) is 30.0 Å². The number of benzene rings is 3. The van der Waals surface area contributed by atoms with Gasteiger partial charge in [0.05, 0.1) is 0 Å². The third-order valence-electron chi connectivity index (χ3n) is 3.89. The van der Waals surface area contributed by atoms with E-state index in [0.29, 0.717) is 0 Å². The van der Waals surface area contributed by atoms with Gasteiger partial charge in [-0.1, -0.05) is 0 Å². The Morgan fingerprint density at radius 2 is 0.885 bits per heavy atom. The van der Waals surface area contributed by atoms with Crippen LogP contribution in [-0.4, -0.2) is 30.8 Å². The summed E-state index contributed by atoms with van der Waals surface area (Å²) in [5.74, 6) is -0.833. The first-order valence-corrected chi connectivity index (χ1v) is 14.8. The summed E-state index contributed by atoms with van der Waals surface area (Å²) in [6.45, 7) is 1.08. The third kappa shape index (κ3) is 8.34. The molecule has 0 heterocycles. The SMILES string of the molecule is CC(=O)O.c1ccc([CH2][Sn]([CH2]c2ccccc2)[CH2]c2ccccc2)cc1. The number of rotatable bonds is 6. The van der Waals surface area contributed by atoms with Crippen molar-refractivity contribution in [2.24, 2.45) is 0 Å². The first kappa shape index (κ1) is 20.2. The van der Waals surface area contributed by atoms with Crippen molar-refractivity contribution in [1.29, 1.82) is 0 Å². The molecule has 3 aromatic carbocycles. The van der Waals surface area contributed by atoms with Gasteiger partial charge in [0, 0.05) is 6.92 Å². The van der Waals surface area contributed by atoms with Crippen molar-refractivity contribution in [3.8, 4) is 0 Å². The Balaban J connectivity index is 0.000000552. The van der Waals surface area contributed by atoms with Crippen LogP contribution < -0.4 is 0 Å². The quantitative estimate of drug-likeness (QED) is 0.540. The standard InChI is InChI=1S/3C7H7.C2H4O2.Sn/c3*1-7-5-3-2-4-6-7;1-2(3)4;/h3*2-6H,1H2;1H3,(H,3,4);. The van der Waals surface area contributed by atoms with E-state index in [9.17, 15) is 0 Å². The fourth-order valence-electron chi connectivity index (χ4n) is 2.84. The van der Waals surface area contributed by atoms with E-state index < -0.39 is 25.7 Å². The molecule has 3 heteroatoms. The molecular weight excluding hydrogens is 427 g/mol. The predicted octanol–water partition coefficient (Wildman–Crippen LogP) is 4.92. The monoisotopic (exact) mass is 453 g/mol. The van der Waals surface area contributed by atoms with Gasteiger partial charge in [0.25, 0.3) is 5.97 Å². The molecule has 0 aliphatic carbocycles. The molecule has 0 aromatic heterocycles. The van der Waals surface area contributed by atoms with Crippen LogP contribution in [0.5, 0.6) is 0 Å². The van der Waals surface area contributed by atoms with Crippen molar-refractivity contribution in [3.05, 3.63) is 108 Å². The predicted molar refractivity (Wildman–Crippen MR) is 110 cm³/mol. The van der Waals surface area contributed by atoms with Gasteiger partial charge in [-0.3, -0.25) is 4.79 Å². The van der Waals surface area contributed by atoms with E-state index >= 15 is 0 Å². The van der Waals surface area contributed by atoms with E-state index in [-0.39, 0.29) is 0 Å². The number of carbonyl (C=O) groups is 1. The van der Waals surface area contributed by atoms with Gasteiger partial charge in [-0.25, -0.2) is 0 Å². The molecule has 26 heavy (non-hydrogen) atoms. The number of carboxylic acids is 1. The van der Waals surface area contributed by atoms with Crippen LogP contribution in [0.4, 0.5) is 0 Å². The molecule has 0 spiro atoms. The molecule has 1 radical (unpaired) electrons. The Hall–Kier alpha value is -2.07. The second-order valence-corrected chi connectivity index (χ2v) is 13.6. The third-order valence-corrected chi connectivity index (χ3v) is 11.7. The molecule has 1 N–H and O–H groups in total. The normalized spacial score (nSPS) is 10.1. The molecule has 0 aliphatic heterocycles. The van der Waals surface area contributed by atoms with Crippen LogP contribution in [0, 0.1) is 0 Å². The summed E-state index contributed by atoms with van der Waals surface area (Å²) in [6.07, 6.45) is 0. The summed E-state index contributed by atoms with van der Waals surface area (Å²) in [7, 11) is 0. The molecule has 3 rings (SSSR count). The van der Waals surface area contributed by atoms with Crippen LogP contribution in [-0.2, 0) is 18.1 Å². The maximum absolute atomic E-state index is 9.00. The summed E-state index contributed by atoms with van der Waals surface area (Å²) in [4.78, 5) is 9.00. The van der Waals surface area contributed by atoms with Crippen molar-refractivity contribution in [2.45, 2.75) is 20.2 Å². The molecule has 2 nitrogen and oxygen atoms in total. The van der Waals surface area contributed by atoms with Crippen LogP contribution in [0.3, 0.4) is 0 Å². The first-order chi connectivity index (χ1) is 12.6. The van der Waals surface area contributed by atoms with Gasteiger partial charge in [-0.05, 0) is 0 Å². The van der Waals surface area contributed by atoms with Crippen molar-refractivity contribution in [1.82, 2.24) is 0 Å². The van der Waals surface area contributed by atoms with Crippen LogP contribution in [0.1, 0.15) is 23.6 Å². The second kappa shape index (κ2) is 11.5. The summed E-state index contributed by atoms with van der Waals surface area (Å²) < 4.78 is 3.98. The molecule has 0 fully saturated rings. The molecule has 0 aliphatic rings. The van der Waals surface area contributed by atoms with Crippen LogP contribution in [0.15, 0.2) is 91.0 Å². The molecule has 0 unspecified atom stereocenters. The van der Waals surface area contributed by atoms with E-state index in [0.717, 1.165) is 6.92 Å². The zero-order valence-electron chi connectivity index (χ0n) is 15.1. The first-order valence-electron chi connectivity index (χ1n) is 8.78.